The van der Waals surface area contributed by atoms with Crippen LogP contribution in [0.4, 0.5) is 0 Å². The van der Waals surface area contributed by atoms with Gasteiger partial charge in [-0.2, -0.15) is 0 Å². The summed E-state index contributed by atoms with van der Waals surface area (Å²) in [5.41, 5.74) is 0.412. The Morgan fingerprint density at radius 1 is 1.33 bits per heavy atom. The summed E-state index contributed by atoms with van der Waals surface area (Å²) in [6.07, 6.45) is 1.37. The van der Waals surface area contributed by atoms with Crippen LogP contribution in [0.3, 0.4) is 0 Å². The molecule has 1 nitrogen and oxygen atoms in total. The number of hydrogen-bond acceptors (Lipinski definition) is 1. The summed E-state index contributed by atoms with van der Waals surface area (Å²) >= 11 is 3.67. The van der Waals surface area contributed by atoms with Crippen molar-refractivity contribution in [2.75, 3.05) is 18.4 Å². The number of hydrogen-bond donors (Lipinski definition) is 0. The van der Waals surface area contributed by atoms with E-state index >= 15 is 0 Å². The van der Waals surface area contributed by atoms with E-state index < -0.39 is 0 Å². The van der Waals surface area contributed by atoms with Crippen LogP contribution in [0.1, 0.15) is 41.0 Å². The lowest BCUT2D eigenvalue weighted by atomic mass is 9.81. The number of halogens is 1. The molecule has 2 heteroatoms. The second kappa shape index (κ2) is 5.18. The fraction of sp³-hybridized carbons (Fsp3) is 1.00. The Labute approximate surface area is 104 Å². The SMILES string of the molecule is CC1CC(C)N(CC(CBr)C(C)(C)C)C1. The van der Waals surface area contributed by atoms with Crippen LogP contribution in [0.2, 0.25) is 0 Å². The van der Waals surface area contributed by atoms with Gasteiger partial charge in [-0.1, -0.05) is 43.6 Å². The minimum atomic E-state index is 0.412. The van der Waals surface area contributed by atoms with Crippen LogP contribution in [-0.2, 0) is 0 Å². The molecule has 0 N–H and O–H groups in total. The normalized spacial score (nSPS) is 30.8. The molecule has 0 aromatic carbocycles. The summed E-state index contributed by atoms with van der Waals surface area (Å²) in [5, 5.41) is 1.12. The summed E-state index contributed by atoms with van der Waals surface area (Å²) in [4.78, 5) is 2.67. The highest BCUT2D eigenvalue weighted by molar-refractivity contribution is 9.09. The predicted molar refractivity (Wildman–Crippen MR) is 71.6 cm³/mol. The Kier molecular flexibility index (Phi) is 4.66. The monoisotopic (exact) mass is 275 g/mol. The van der Waals surface area contributed by atoms with E-state index in [1.807, 2.05) is 0 Å². The molecule has 1 aliphatic rings. The fourth-order valence-corrected chi connectivity index (χ4v) is 3.65. The van der Waals surface area contributed by atoms with Crippen LogP contribution >= 0.6 is 15.9 Å². The summed E-state index contributed by atoms with van der Waals surface area (Å²) in [5.74, 6) is 1.64. The molecule has 1 saturated heterocycles. The Hall–Kier alpha value is 0.440. The standard InChI is InChI=1S/C13H26BrN/c1-10-6-11(2)15(8-10)9-12(7-14)13(3,4)5/h10-12H,6-9H2,1-5H3. The lowest BCUT2D eigenvalue weighted by Crippen LogP contribution is -2.38. The molecule has 1 heterocycles. The second-order valence-electron chi connectivity index (χ2n) is 6.36. The van der Waals surface area contributed by atoms with E-state index in [1.165, 1.54) is 19.5 Å². The Morgan fingerprint density at radius 3 is 2.27 bits per heavy atom. The van der Waals surface area contributed by atoms with Gasteiger partial charge in [0.1, 0.15) is 0 Å². The van der Waals surface area contributed by atoms with Crippen molar-refractivity contribution >= 4 is 15.9 Å². The van der Waals surface area contributed by atoms with E-state index in [0.29, 0.717) is 5.41 Å². The molecule has 3 unspecified atom stereocenters. The second-order valence-corrected chi connectivity index (χ2v) is 7.01. The van der Waals surface area contributed by atoms with E-state index in [2.05, 4.69) is 55.4 Å². The number of rotatable bonds is 3. The third-order valence-electron chi connectivity index (χ3n) is 3.78. The molecule has 0 aromatic heterocycles. The maximum Gasteiger partial charge on any atom is 0.00768 e. The zero-order valence-corrected chi connectivity index (χ0v) is 12.5. The fourth-order valence-electron chi connectivity index (χ4n) is 2.48. The molecule has 0 aliphatic carbocycles. The maximum atomic E-state index is 3.67. The number of nitrogens with zero attached hydrogens (tertiary/aromatic N) is 1. The molecule has 0 saturated carbocycles. The van der Waals surface area contributed by atoms with E-state index in [9.17, 15) is 0 Å². The average molecular weight is 276 g/mol. The summed E-state index contributed by atoms with van der Waals surface area (Å²) in [6, 6.07) is 0.781. The highest BCUT2D eigenvalue weighted by Gasteiger charge is 2.31. The maximum absolute atomic E-state index is 3.67. The van der Waals surface area contributed by atoms with Gasteiger partial charge in [-0.25, -0.2) is 0 Å². The molecule has 1 fully saturated rings. The molecular weight excluding hydrogens is 250 g/mol. The van der Waals surface area contributed by atoms with Crippen LogP contribution in [0.15, 0.2) is 0 Å². The molecule has 0 radical (unpaired) electrons. The molecule has 0 aromatic rings. The van der Waals surface area contributed by atoms with Gasteiger partial charge < -0.3 is 4.90 Å². The average Bonchev–Trinajstić information content (AvgIpc) is 2.38. The van der Waals surface area contributed by atoms with E-state index in [0.717, 1.165) is 23.2 Å². The van der Waals surface area contributed by atoms with Crippen LogP contribution in [0.25, 0.3) is 0 Å². The molecule has 90 valence electrons. The van der Waals surface area contributed by atoms with Gasteiger partial charge in [0, 0.05) is 24.5 Å². The van der Waals surface area contributed by atoms with Crippen LogP contribution in [0, 0.1) is 17.3 Å². The van der Waals surface area contributed by atoms with E-state index in [1.54, 1.807) is 0 Å². The first-order valence-electron chi connectivity index (χ1n) is 6.14. The van der Waals surface area contributed by atoms with E-state index in [4.69, 9.17) is 0 Å². The topological polar surface area (TPSA) is 3.24 Å². The third kappa shape index (κ3) is 3.74. The van der Waals surface area contributed by atoms with Crippen molar-refractivity contribution in [2.45, 2.75) is 47.1 Å². The van der Waals surface area contributed by atoms with Crippen molar-refractivity contribution in [3.63, 3.8) is 0 Å². The smallest absolute Gasteiger partial charge is 0.00768 e. The van der Waals surface area contributed by atoms with Gasteiger partial charge in [-0.3, -0.25) is 0 Å². The Morgan fingerprint density at radius 2 is 1.93 bits per heavy atom. The lowest BCUT2D eigenvalue weighted by Gasteiger charge is -2.34. The van der Waals surface area contributed by atoms with Crippen molar-refractivity contribution in [1.29, 1.82) is 0 Å². The summed E-state index contributed by atoms with van der Waals surface area (Å²) in [7, 11) is 0. The number of alkyl halides is 1. The van der Waals surface area contributed by atoms with Crippen molar-refractivity contribution in [3.8, 4) is 0 Å². The first-order chi connectivity index (χ1) is 6.84. The highest BCUT2D eigenvalue weighted by atomic mass is 79.9. The van der Waals surface area contributed by atoms with Crippen molar-refractivity contribution in [2.24, 2.45) is 17.3 Å². The van der Waals surface area contributed by atoms with Crippen LogP contribution in [0.5, 0.6) is 0 Å². The third-order valence-corrected chi connectivity index (χ3v) is 4.56. The highest BCUT2D eigenvalue weighted by Crippen LogP contribution is 2.31. The van der Waals surface area contributed by atoms with Crippen LogP contribution < -0.4 is 0 Å². The number of likely N-dealkylation sites (tertiary alicyclic amines) is 1. The molecule has 1 rings (SSSR count). The van der Waals surface area contributed by atoms with Gasteiger partial charge in [0.25, 0.3) is 0 Å². The first-order valence-corrected chi connectivity index (χ1v) is 7.26. The van der Waals surface area contributed by atoms with Gasteiger partial charge in [-0.15, -0.1) is 0 Å². The van der Waals surface area contributed by atoms with Crippen molar-refractivity contribution < 1.29 is 0 Å². The van der Waals surface area contributed by atoms with Crippen molar-refractivity contribution in [3.05, 3.63) is 0 Å². The molecule has 15 heavy (non-hydrogen) atoms. The zero-order valence-electron chi connectivity index (χ0n) is 10.9. The lowest BCUT2D eigenvalue weighted by molar-refractivity contribution is 0.159. The Bertz CT molecular complexity index is 197. The Balaban J connectivity index is 2.52. The molecule has 0 amide bonds. The van der Waals surface area contributed by atoms with Gasteiger partial charge in [0.2, 0.25) is 0 Å². The van der Waals surface area contributed by atoms with Crippen molar-refractivity contribution in [1.82, 2.24) is 4.90 Å². The summed E-state index contributed by atoms with van der Waals surface area (Å²) in [6.45, 7) is 14.3. The summed E-state index contributed by atoms with van der Waals surface area (Å²) < 4.78 is 0. The minimum Gasteiger partial charge on any atom is -0.300 e. The van der Waals surface area contributed by atoms with Gasteiger partial charge in [0.05, 0.1) is 0 Å². The molecule has 3 atom stereocenters. The first kappa shape index (κ1) is 13.5. The zero-order chi connectivity index (χ0) is 11.6. The minimum absolute atomic E-state index is 0.412. The quantitative estimate of drug-likeness (QED) is 0.709. The van der Waals surface area contributed by atoms with Gasteiger partial charge in [-0.05, 0) is 30.6 Å². The van der Waals surface area contributed by atoms with E-state index in [-0.39, 0.29) is 0 Å². The molecular formula is C13H26BrN. The van der Waals surface area contributed by atoms with Gasteiger partial charge in [0.15, 0.2) is 0 Å². The predicted octanol–water partition coefficient (Wildman–Crippen LogP) is 3.77. The largest absolute Gasteiger partial charge is 0.300 e. The molecule has 0 spiro atoms. The van der Waals surface area contributed by atoms with Gasteiger partial charge >= 0.3 is 0 Å². The van der Waals surface area contributed by atoms with Crippen LogP contribution in [-0.4, -0.2) is 29.4 Å². The molecule has 1 aliphatic heterocycles. The molecule has 0 bridgehead atoms.